The number of rotatable bonds is 1. The first kappa shape index (κ1) is 6.50. The van der Waals surface area contributed by atoms with Crippen molar-refractivity contribution >= 4 is 26.9 Å². The molecule has 1 aromatic rings. The molecular formula is C6H4AsNO. The summed E-state index contributed by atoms with van der Waals surface area (Å²) in [6, 6.07) is 7.02. The maximum atomic E-state index is 9.86. The molecule has 0 saturated heterocycles. The van der Waals surface area contributed by atoms with E-state index < -0.39 is 0 Å². The molecule has 9 heavy (non-hydrogen) atoms. The first-order valence-electron chi connectivity index (χ1n) is 2.45. The van der Waals surface area contributed by atoms with Crippen LogP contribution < -0.4 is 4.35 Å². The topological polar surface area (TPSA) is 29.4 Å². The van der Waals surface area contributed by atoms with Crippen LogP contribution in [-0.2, 0) is 0 Å². The second-order valence-electron chi connectivity index (χ2n) is 1.61. The Balaban J connectivity index is 3.01. The van der Waals surface area contributed by atoms with E-state index in [1.54, 1.807) is 12.1 Å². The van der Waals surface area contributed by atoms with E-state index in [1.165, 1.54) is 0 Å². The summed E-state index contributed by atoms with van der Waals surface area (Å²) in [4.78, 5) is 9.86. The molecule has 0 heterocycles. The fourth-order valence-corrected chi connectivity index (χ4v) is 0.826. The van der Waals surface area contributed by atoms with E-state index in [9.17, 15) is 4.91 Å². The Kier molecular flexibility index (Phi) is 2.01. The molecule has 2 radical (unpaired) electrons. The Morgan fingerprint density at radius 1 is 1.22 bits per heavy atom. The molecule has 3 heteroatoms. The van der Waals surface area contributed by atoms with Gasteiger partial charge in [0.15, 0.2) is 0 Å². The molecule has 0 aliphatic rings. The zero-order valence-corrected chi connectivity index (χ0v) is 6.49. The molecule has 0 N–H and O–H groups in total. The summed E-state index contributed by atoms with van der Waals surface area (Å²) in [5.41, 5.74) is 0.477. The monoisotopic (exact) mass is 181 g/mol. The van der Waals surface area contributed by atoms with Crippen molar-refractivity contribution in [1.29, 1.82) is 0 Å². The van der Waals surface area contributed by atoms with Crippen molar-refractivity contribution < 1.29 is 0 Å². The molecule has 0 spiro atoms. The molecule has 1 aromatic carbocycles. The summed E-state index contributed by atoms with van der Waals surface area (Å²) in [5.74, 6) is 0. The molecule has 0 amide bonds. The normalized spacial score (nSPS) is 9.00. The van der Waals surface area contributed by atoms with Gasteiger partial charge in [-0.05, 0) is 0 Å². The van der Waals surface area contributed by atoms with Crippen LogP contribution in [-0.4, -0.2) is 16.9 Å². The van der Waals surface area contributed by atoms with E-state index in [1.807, 2.05) is 12.1 Å². The van der Waals surface area contributed by atoms with Gasteiger partial charge < -0.3 is 0 Å². The van der Waals surface area contributed by atoms with Gasteiger partial charge in [-0.1, -0.05) is 0 Å². The number of hydrogen-bond donors (Lipinski definition) is 0. The van der Waals surface area contributed by atoms with Crippen molar-refractivity contribution in [2.75, 3.05) is 0 Å². The Hall–Kier alpha value is -0.622. The minimum absolute atomic E-state index is 0.477. The molecule has 0 aliphatic carbocycles. The summed E-state index contributed by atoms with van der Waals surface area (Å²) in [7, 11) is 0. The fraction of sp³-hybridized carbons (Fsp3) is 0. The van der Waals surface area contributed by atoms with Crippen LogP contribution in [0.3, 0.4) is 0 Å². The van der Waals surface area contributed by atoms with Gasteiger partial charge in [0, 0.05) is 0 Å². The molecule has 0 atom stereocenters. The van der Waals surface area contributed by atoms with Crippen LogP contribution in [0.15, 0.2) is 29.4 Å². The van der Waals surface area contributed by atoms with E-state index in [0.29, 0.717) is 5.69 Å². The van der Waals surface area contributed by atoms with Gasteiger partial charge in [-0.2, -0.15) is 0 Å². The van der Waals surface area contributed by atoms with Gasteiger partial charge in [0.25, 0.3) is 0 Å². The van der Waals surface area contributed by atoms with Crippen LogP contribution in [0.25, 0.3) is 0 Å². The first-order valence-corrected chi connectivity index (χ1v) is 3.39. The van der Waals surface area contributed by atoms with Crippen molar-refractivity contribution in [2.45, 2.75) is 0 Å². The van der Waals surface area contributed by atoms with Crippen LogP contribution >= 0.6 is 0 Å². The standard InChI is InChI=1S/C6H4AsNO/c7-5-1-3-6(8-9)4-2-5/h1-4H. The first-order chi connectivity index (χ1) is 4.33. The SMILES string of the molecule is O=Nc1ccc([As])cc1. The average molecular weight is 181 g/mol. The molecular weight excluding hydrogens is 177 g/mol. The van der Waals surface area contributed by atoms with Crippen LogP contribution in [0, 0.1) is 4.91 Å². The predicted octanol–water partition coefficient (Wildman–Crippen LogP) is 0.878. The van der Waals surface area contributed by atoms with Gasteiger partial charge in [-0.3, -0.25) is 0 Å². The number of benzene rings is 1. The number of nitrogens with zero attached hydrogens (tertiary/aromatic N) is 1. The van der Waals surface area contributed by atoms with E-state index in [-0.39, 0.29) is 0 Å². The van der Waals surface area contributed by atoms with Crippen molar-refractivity contribution in [3.63, 3.8) is 0 Å². The Labute approximate surface area is 61.7 Å². The van der Waals surface area contributed by atoms with Crippen molar-refractivity contribution in [3.05, 3.63) is 29.2 Å². The van der Waals surface area contributed by atoms with Crippen molar-refractivity contribution in [1.82, 2.24) is 0 Å². The van der Waals surface area contributed by atoms with Gasteiger partial charge in [0.05, 0.1) is 0 Å². The summed E-state index contributed by atoms with van der Waals surface area (Å²) in [6.07, 6.45) is 0. The second-order valence-corrected chi connectivity index (χ2v) is 2.69. The van der Waals surface area contributed by atoms with Crippen LogP contribution in [0.1, 0.15) is 0 Å². The van der Waals surface area contributed by atoms with Gasteiger partial charge in [-0.25, -0.2) is 0 Å². The Morgan fingerprint density at radius 3 is 2.22 bits per heavy atom. The quantitative estimate of drug-likeness (QED) is 0.467. The summed E-state index contributed by atoms with van der Waals surface area (Å²) in [6.45, 7) is 0. The average Bonchev–Trinajstić information content (AvgIpc) is 1.90. The Morgan fingerprint density at radius 2 is 1.78 bits per heavy atom. The zero-order chi connectivity index (χ0) is 6.69. The molecule has 0 bridgehead atoms. The number of hydrogen-bond acceptors (Lipinski definition) is 2. The summed E-state index contributed by atoms with van der Waals surface area (Å²) >= 11 is 2.39. The molecule has 1 rings (SSSR count). The van der Waals surface area contributed by atoms with E-state index in [0.717, 1.165) is 4.35 Å². The van der Waals surface area contributed by atoms with E-state index in [4.69, 9.17) is 0 Å². The van der Waals surface area contributed by atoms with Crippen LogP contribution in [0.2, 0.25) is 0 Å². The molecule has 0 aliphatic heterocycles. The van der Waals surface area contributed by atoms with Gasteiger partial charge >= 0.3 is 61.2 Å². The minimum atomic E-state index is 0.477. The third-order valence-electron chi connectivity index (χ3n) is 0.955. The third-order valence-corrected chi connectivity index (χ3v) is 1.58. The van der Waals surface area contributed by atoms with Crippen molar-refractivity contribution in [3.8, 4) is 0 Å². The molecule has 0 saturated carbocycles. The summed E-state index contributed by atoms with van der Waals surface area (Å²) < 4.78 is 1.08. The van der Waals surface area contributed by atoms with Gasteiger partial charge in [0.1, 0.15) is 0 Å². The van der Waals surface area contributed by atoms with E-state index in [2.05, 4.69) is 22.0 Å². The van der Waals surface area contributed by atoms with Gasteiger partial charge in [-0.15, -0.1) is 0 Å². The molecule has 0 fully saturated rings. The van der Waals surface area contributed by atoms with Crippen LogP contribution in [0.4, 0.5) is 5.69 Å². The predicted molar refractivity (Wildman–Crippen MR) is 37.3 cm³/mol. The molecule has 2 nitrogen and oxygen atoms in total. The molecule has 0 aromatic heterocycles. The van der Waals surface area contributed by atoms with Crippen LogP contribution in [0.5, 0.6) is 0 Å². The maximum absolute atomic E-state index is 9.86. The fourth-order valence-electron chi connectivity index (χ4n) is 0.513. The summed E-state index contributed by atoms with van der Waals surface area (Å²) in [5, 5.41) is 2.75. The second kappa shape index (κ2) is 2.79. The van der Waals surface area contributed by atoms with Crippen molar-refractivity contribution in [2.24, 2.45) is 5.18 Å². The third kappa shape index (κ3) is 1.65. The van der Waals surface area contributed by atoms with E-state index >= 15 is 0 Å². The van der Waals surface area contributed by atoms with Gasteiger partial charge in [0.2, 0.25) is 0 Å². The number of nitroso groups, excluding NO2 is 1. The molecule has 0 unspecified atom stereocenters. The molecule has 44 valence electrons. The zero-order valence-electron chi connectivity index (χ0n) is 4.61. The Bertz CT molecular complexity index is 207.